The van der Waals surface area contributed by atoms with E-state index in [1.165, 1.54) is 11.8 Å². The Bertz CT molecular complexity index is 1550. The van der Waals surface area contributed by atoms with Gasteiger partial charge in [0.1, 0.15) is 5.52 Å². The van der Waals surface area contributed by atoms with Crippen molar-refractivity contribution in [3.05, 3.63) is 83.9 Å². The molecule has 5 aromatic rings. The van der Waals surface area contributed by atoms with Crippen LogP contribution in [0.5, 0.6) is 0 Å². The number of hydrogen-bond acceptors (Lipinski definition) is 6. The number of rotatable bonds is 6. The first-order chi connectivity index (χ1) is 17.7. The van der Waals surface area contributed by atoms with Gasteiger partial charge in [-0.05, 0) is 35.7 Å². The topological polar surface area (TPSA) is 84.1 Å². The average molecular weight is 496 g/mol. The maximum absolute atomic E-state index is 14.0. The smallest absolute Gasteiger partial charge is 0.245 e. The summed E-state index contributed by atoms with van der Waals surface area (Å²) >= 11 is 1.34. The molecule has 1 unspecified atom stereocenters. The number of hydrogen-bond donors (Lipinski definition) is 1. The van der Waals surface area contributed by atoms with Crippen LogP contribution in [-0.4, -0.2) is 42.6 Å². The van der Waals surface area contributed by atoms with Gasteiger partial charge in [-0.25, -0.2) is 4.98 Å². The first-order valence-electron chi connectivity index (χ1n) is 12.1. The molecule has 0 aliphatic carbocycles. The first kappa shape index (κ1) is 22.7. The third-order valence-electron chi connectivity index (χ3n) is 6.64. The summed E-state index contributed by atoms with van der Waals surface area (Å²) in [6.07, 6.45) is 1.42. The van der Waals surface area contributed by atoms with Crippen molar-refractivity contribution >= 4 is 51.1 Å². The molecule has 0 saturated heterocycles. The number of thioether (sulfide) groups is 1. The van der Waals surface area contributed by atoms with Crippen LogP contribution in [0.1, 0.15) is 24.5 Å². The van der Waals surface area contributed by atoms with Gasteiger partial charge >= 0.3 is 0 Å². The fourth-order valence-electron chi connectivity index (χ4n) is 4.97. The van der Waals surface area contributed by atoms with E-state index in [0.29, 0.717) is 29.3 Å². The number of nitrogens with zero attached hydrogens (tertiary/aromatic N) is 5. The van der Waals surface area contributed by atoms with Crippen LogP contribution in [0.15, 0.2) is 78.0 Å². The summed E-state index contributed by atoms with van der Waals surface area (Å²) in [5, 5.41) is 19.5. The van der Waals surface area contributed by atoms with Crippen LogP contribution < -0.4 is 4.90 Å². The standard InChI is InChI=1S/C28H25N5O2S/c1-2-24(27(35)33-21-12-6-3-9-18(21)17-19-10-4-7-13-22(19)33)36-28-29-26-25(30-31-28)20-11-5-8-14-23(20)32(26)15-16-34/h3-14,24,34H,2,15-17H2,1H3. The molecule has 6 rings (SSSR count). The number of aliphatic hydroxyl groups is 1. The molecule has 8 heteroatoms. The molecular weight excluding hydrogens is 470 g/mol. The number of carbonyl (C=O) groups excluding carboxylic acids is 1. The molecule has 7 nitrogen and oxygen atoms in total. The second kappa shape index (κ2) is 9.37. The molecule has 0 fully saturated rings. The Kier molecular flexibility index (Phi) is 5.91. The lowest BCUT2D eigenvalue weighted by molar-refractivity contribution is -0.117. The van der Waals surface area contributed by atoms with Gasteiger partial charge < -0.3 is 9.67 Å². The van der Waals surface area contributed by atoms with Crippen LogP contribution in [0, 0.1) is 0 Å². The van der Waals surface area contributed by atoms with E-state index in [-0.39, 0.29) is 17.8 Å². The molecule has 0 radical (unpaired) electrons. The molecule has 180 valence electrons. The highest BCUT2D eigenvalue weighted by molar-refractivity contribution is 8.00. The number of anilines is 2. The van der Waals surface area contributed by atoms with E-state index in [0.717, 1.165) is 39.8 Å². The highest BCUT2D eigenvalue weighted by Crippen LogP contribution is 2.40. The maximum Gasteiger partial charge on any atom is 0.245 e. The zero-order valence-corrected chi connectivity index (χ0v) is 20.7. The molecule has 0 saturated carbocycles. The second-order valence-electron chi connectivity index (χ2n) is 8.78. The summed E-state index contributed by atoms with van der Waals surface area (Å²) in [5.41, 5.74) is 6.45. The van der Waals surface area contributed by atoms with Gasteiger partial charge in [0.05, 0.1) is 28.7 Å². The Morgan fingerprint density at radius 1 is 0.972 bits per heavy atom. The van der Waals surface area contributed by atoms with Crippen LogP contribution in [0.3, 0.4) is 0 Å². The Morgan fingerprint density at radius 3 is 2.33 bits per heavy atom. The Hall–Kier alpha value is -3.75. The van der Waals surface area contributed by atoms with Crippen LogP contribution in [0.2, 0.25) is 0 Å². The van der Waals surface area contributed by atoms with E-state index < -0.39 is 0 Å². The van der Waals surface area contributed by atoms with Crippen molar-refractivity contribution in [3.63, 3.8) is 0 Å². The number of fused-ring (bicyclic) bond motifs is 5. The largest absolute Gasteiger partial charge is 0.395 e. The highest BCUT2D eigenvalue weighted by atomic mass is 32.2. The Morgan fingerprint density at radius 2 is 1.64 bits per heavy atom. The summed E-state index contributed by atoms with van der Waals surface area (Å²) in [6.45, 7) is 2.40. The Balaban J connectivity index is 1.38. The molecule has 3 aromatic carbocycles. The number of para-hydroxylation sites is 3. The molecule has 36 heavy (non-hydrogen) atoms. The van der Waals surface area contributed by atoms with Gasteiger partial charge in [0.2, 0.25) is 11.1 Å². The van der Waals surface area contributed by atoms with Gasteiger partial charge in [0.15, 0.2) is 5.65 Å². The summed E-state index contributed by atoms with van der Waals surface area (Å²) in [5.74, 6) is 0.00157. The summed E-state index contributed by atoms with van der Waals surface area (Å²) < 4.78 is 1.96. The van der Waals surface area contributed by atoms with E-state index in [2.05, 4.69) is 22.3 Å². The number of aliphatic hydroxyl groups excluding tert-OH is 1. The maximum atomic E-state index is 14.0. The lowest BCUT2D eigenvalue weighted by Gasteiger charge is -2.33. The van der Waals surface area contributed by atoms with E-state index in [1.807, 2.05) is 77.1 Å². The van der Waals surface area contributed by atoms with Gasteiger partial charge in [-0.3, -0.25) is 9.69 Å². The lowest BCUT2D eigenvalue weighted by Crippen LogP contribution is -2.36. The van der Waals surface area contributed by atoms with Gasteiger partial charge in [0.25, 0.3) is 0 Å². The average Bonchev–Trinajstić information content (AvgIpc) is 3.23. The van der Waals surface area contributed by atoms with Crippen molar-refractivity contribution in [1.82, 2.24) is 19.7 Å². The molecule has 3 heterocycles. The quantitative estimate of drug-likeness (QED) is 0.330. The van der Waals surface area contributed by atoms with Crippen molar-refractivity contribution in [2.75, 3.05) is 11.5 Å². The molecule has 0 bridgehead atoms. The minimum absolute atomic E-state index is 0.00157. The van der Waals surface area contributed by atoms with E-state index in [1.54, 1.807) is 0 Å². The third kappa shape index (κ3) is 3.73. The third-order valence-corrected chi connectivity index (χ3v) is 7.84. The molecule has 1 amide bonds. The normalized spacial score (nSPS) is 13.6. The SMILES string of the molecule is CCC(Sc1nnc2c3ccccc3n(CCO)c2n1)C(=O)N1c2ccccc2Cc2ccccc21. The van der Waals surface area contributed by atoms with Gasteiger partial charge in [-0.2, -0.15) is 0 Å². The van der Waals surface area contributed by atoms with Gasteiger partial charge in [-0.15, -0.1) is 10.2 Å². The van der Waals surface area contributed by atoms with Crippen LogP contribution in [0.4, 0.5) is 11.4 Å². The molecule has 1 aliphatic heterocycles. The van der Waals surface area contributed by atoms with Crippen LogP contribution >= 0.6 is 11.8 Å². The lowest BCUT2D eigenvalue weighted by atomic mass is 9.95. The molecule has 2 aromatic heterocycles. The molecule has 1 N–H and O–H groups in total. The van der Waals surface area contributed by atoms with Gasteiger partial charge in [-0.1, -0.05) is 73.3 Å². The number of carbonyl (C=O) groups is 1. The summed E-state index contributed by atoms with van der Waals surface area (Å²) in [6, 6.07) is 24.1. The van der Waals surface area contributed by atoms with Gasteiger partial charge in [0, 0.05) is 18.4 Å². The fraction of sp³-hybridized carbons (Fsp3) is 0.214. The highest BCUT2D eigenvalue weighted by Gasteiger charge is 2.32. The monoisotopic (exact) mass is 495 g/mol. The van der Waals surface area contributed by atoms with Crippen LogP contribution in [-0.2, 0) is 17.8 Å². The summed E-state index contributed by atoms with van der Waals surface area (Å²) in [4.78, 5) is 20.7. The summed E-state index contributed by atoms with van der Waals surface area (Å²) in [7, 11) is 0. The van der Waals surface area contributed by atoms with E-state index in [9.17, 15) is 9.90 Å². The molecule has 1 atom stereocenters. The van der Waals surface area contributed by atoms with Crippen molar-refractivity contribution < 1.29 is 9.90 Å². The van der Waals surface area contributed by atoms with Crippen LogP contribution in [0.25, 0.3) is 22.1 Å². The first-order valence-corrected chi connectivity index (χ1v) is 13.0. The van der Waals surface area contributed by atoms with Crippen molar-refractivity contribution in [3.8, 4) is 0 Å². The van der Waals surface area contributed by atoms with Crippen molar-refractivity contribution in [1.29, 1.82) is 0 Å². The minimum Gasteiger partial charge on any atom is -0.395 e. The zero-order chi connectivity index (χ0) is 24.6. The van der Waals surface area contributed by atoms with E-state index in [4.69, 9.17) is 4.98 Å². The number of aromatic nitrogens is 4. The number of amides is 1. The minimum atomic E-state index is -0.390. The number of benzene rings is 3. The predicted molar refractivity (Wildman–Crippen MR) is 143 cm³/mol. The Labute approximate surface area is 212 Å². The van der Waals surface area contributed by atoms with E-state index >= 15 is 0 Å². The molecular formula is C28H25N5O2S. The zero-order valence-electron chi connectivity index (χ0n) is 19.8. The van der Waals surface area contributed by atoms with Crippen molar-refractivity contribution in [2.24, 2.45) is 0 Å². The molecule has 0 spiro atoms. The van der Waals surface area contributed by atoms with Crippen molar-refractivity contribution in [2.45, 2.75) is 36.7 Å². The fourth-order valence-corrected chi connectivity index (χ4v) is 5.83. The second-order valence-corrected chi connectivity index (χ2v) is 9.95. The molecule has 1 aliphatic rings. The predicted octanol–water partition coefficient (Wildman–Crippen LogP) is 5.11.